The van der Waals surface area contributed by atoms with Crippen LogP contribution in [0.5, 0.6) is 0 Å². The maximum absolute atomic E-state index is 9.04. The number of aliphatic hydroxyl groups is 1. The normalized spacial score (nSPS) is 12.5. The summed E-state index contributed by atoms with van der Waals surface area (Å²) in [5.41, 5.74) is 7.43. The Morgan fingerprint density at radius 3 is 2.79 bits per heavy atom. The molecule has 0 aliphatic carbocycles. The zero-order valence-electron chi connectivity index (χ0n) is 8.13. The van der Waals surface area contributed by atoms with Crippen LogP contribution in [-0.4, -0.2) is 17.8 Å². The van der Waals surface area contributed by atoms with E-state index >= 15 is 0 Å². The number of rotatable bonds is 4. The van der Waals surface area contributed by atoms with E-state index in [1.165, 1.54) is 0 Å². The molecule has 0 amide bonds. The summed E-state index contributed by atoms with van der Waals surface area (Å²) in [6.07, 6.45) is 0.900. The SMILES string of the molecule is CCC(CO)Nc1ccc(N)cc1I. The van der Waals surface area contributed by atoms with E-state index in [0.29, 0.717) is 0 Å². The van der Waals surface area contributed by atoms with E-state index in [4.69, 9.17) is 10.8 Å². The number of nitrogens with one attached hydrogen (secondary N) is 1. The number of aliphatic hydroxyl groups excluding tert-OH is 1. The van der Waals surface area contributed by atoms with Crippen molar-refractivity contribution < 1.29 is 5.11 Å². The molecule has 4 heteroatoms. The van der Waals surface area contributed by atoms with Crippen LogP contribution < -0.4 is 11.1 Å². The summed E-state index contributed by atoms with van der Waals surface area (Å²) in [7, 11) is 0. The lowest BCUT2D eigenvalue weighted by Gasteiger charge is -2.16. The third-order valence-corrected chi connectivity index (χ3v) is 2.96. The maximum atomic E-state index is 9.04. The van der Waals surface area contributed by atoms with Gasteiger partial charge in [-0.15, -0.1) is 0 Å². The Balaban J connectivity index is 2.76. The minimum atomic E-state index is 0.118. The summed E-state index contributed by atoms with van der Waals surface area (Å²) >= 11 is 2.23. The zero-order valence-corrected chi connectivity index (χ0v) is 10.3. The molecule has 0 bridgehead atoms. The lowest BCUT2D eigenvalue weighted by Crippen LogP contribution is -2.23. The number of nitrogens with two attached hydrogens (primary N) is 1. The van der Waals surface area contributed by atoms with E-state index in [2.05, 4.69) is 27.9 Å². The molecule has 1 aromatic carbocycles. The van der Waals surface area contributed by atoms with Gasteiger partial charge in [0, 0.05) is 21.0 Å². The van der Waals surface area contributed by atoms with Crippen molar-refractivity contribution in [2.24, 2.45) is 0 Å². The summed E-state index contributed by atoms with van der Waals surface area (Å²) in [4.78, 5) is 0. The average molecular weight is 306 g/mol. The molecule has 1 aromatic rings. The first kappa shape index (κ1) is 11.6. The second kappa shape index (κ2) is 5.41. The Hall–Kier alpha value is -0.490. The van der Waals surface area contributed by atoms with Gasteiger partial charge in [0.25, 0.3) is 0 Å². The first-order valence-corrected chi connectivity index (χ1v) is 5.67. The fourth-order valence-electron chi connectivity index (χ4n) is 1.15. The van der Waals surface area contributed by atoms with E-state index in [-0.39, 0.29) is 12.6 Å². The van der Waals surface area contributed by atoms with E-state index in [1.807, 2.05) is 25.1 Å². The van der Waals surface area contributed by atoms with Crippen molar-refractivity contribution in [3.8, 4) is 0 Å². The lowest BCUT2D eigenvalue weighted by atomic mass is 10.2. The summed E-state index contributed by atoms with van der Waals surface area (Å²) in [5, 5.41) is 12.3. The molecule has 0 aliphatic heterocycles. The molecular weight excluding hydrogens is 291 g/mol. The Morgan fingerprint density at radius 2 is 2.29 bits per heavy atom. The van der Waals surface area contributed by atoms with Crippen LogP contribution in [0.3, 0.4) is 0 Å². The largest absolute Gasteiger partial charge is 0.399 e. The van der Waals surface area contributed by atoms with Gasteiger partial charge in [0.05, 0.1) is 6.61 Å². The topological polar surface area (TPSA) is 58.3 Å². The number of hydrogen-bond acceptors (Lipinski definition) is 3. The molecule has 3 nitrogen and oxygen atoms in total. The highest BCUT2D eigenvalue weighted by molar-refractivity contribution is 14.1. The highest BCUT2D eigenvalue weighted by Crippen LogP contribution is 2.21. The van der Waals surface area contributed by atoms with Crippen molar-refractivity contribution >= 4 is 34.0 Å². The number of hydrogen-bond donors (Lipinski definition) is 3. The molecule has 14 heavy (non-hydrogen) atoms. The number of nitrogen functional groups attached to an aromatic ring is 1. The van der Waals surface area contributed by atoms with Gasteiger partial charge in [-0.2, -0.15) is 0 Å². The van der Waals surface area contributed by atoms with Gasteiger partial charge < -0.3 is 16.2 Å². The quantitative estimate of drug-likeness (QED) is 0.589. The van der Waals surface area contributed by atoms with E-state index in [9.17, 15) is 0 Å². The number of benzene rings is 1. The van der Waals surface area contributed by atoms with Crippen molar-refractivity contribution in [1.82, 2.24) is 0 Å². The molecule has 0 saturated heterocycles. The first-order valence-electron chi connectivity index (χ1n) is 4.59. The van der Waals surface area contributed by atoms with Gasteiger partial charge in [-0.1, -0.05) is 6.92 Å². The minimum absolute atomic E-state index is 0.118. The van der Waals surface area contributed by atoms with Gasteiger partial charge in [-0.3, -0.25) is 0 Å². The standard InChI is InChI=1S/C10H15IN2O/c1-2-8(6-14)13-10-4-3-7(12)5-9(10)11/h3-5,8,13-14H,2,6,12H2,1H3. The van der Waals surface area contributed by atoms with Crippen LogP contribution >= 0.6 is 22.6 Å². The maximum Gasteiger partial charge on any atom is 0.0632 e. The molecule has 0 saturated carbocycles. The molecular formula is C10H15IN2O. The smallest absolute Gasteiger partial charge is 0.0632 e. The van der Waals surface area contributed by atoms with Gasteiger partial charge in [-0.25, -0.2) is 0 Å². The second-order valence-corrected chi connectivity index (χ2v) is 4.33. The van der Waals surface area contributed by atoms with Crippen LogP contribution in [0.25, 0.3) is 0 Å². The second-order valence-electron chi connectivity index (χ2n) is 3.17. The van der Waals surface area contributed by atoms with Gasteiger partial charge in [0.2, 0.25) is 0 Å². The van der Waals surface area contributed by atoms with E-state index < -0.39 is 0 Å². The number of halogens is 1. The summed E-state index contributed by atoms with van der Waals surface area (Å²) < 4.78 is 1.08. The molecule has 0 radical (unpaired) electrons. The fraction of sp³-hybridized carbons (Fsp3) is 0.400. The predicted molar refractivity (Wildman–Crippen MR) is 68.4 cm³/mol. The average Bonchev–Trinajstić information content (AvgIpc) is 2.17. The van der Waals surface area contributed by atoms with Crippen molar-refractivity contribution in [1.29, 1.82) is 0 Å². The van der Waals surface area contributed by atoms with E-state index in [1.54, 1.807) is 0 Å². The van der Waals surface area contributed by atoms with Crippen molar-refractivity contribution in [2.75, 3.05) is 17.7 Å². The number of anilines is 2. The van der Waals surface area contributed by atoms with Crippen LogP contribution in [0.2, 0.25) is 0 Å². The molecule has 0 heterocycles. The summed E-state index contributed by atoms with van der Waals surface area (Å²) in [6, 6.07) is 5.82. The van der Waals surface area contributed by atoms with Gasteiger partial charge in [0.15, 0.2) is 0 Å². The Bertz CT molecular complexity index is 300. The Morgan fingerprint density at radius 1 is 1.57 bits per heavy atom. The lowest BCUT2D eigenvalue weighted by molar-refractivity contribution is 0.272. The molecule has 1 rings (SSSR count). The molecule has 0 fully saturated rings. The Kier molecular flexibility index (Phi) is 4.47. The third-order valence-electron chi connectivity index (χ3n) is 2.07. The van der Waals surface area contributed by atoms with Crippen molar-refractivity contribution in [2.45, 2.75) is 19.4 Å². The molecule has 1 atom stereocenters. The van der Waals surface area contributed by atoms with Crippen LogP contribution in [-0.2, 0) is 0 Å². The highest BCUT2D eigenvalue weighted by atomic mass is 127. The van der Waals surface area contributed by atoms with Crippen molar-refractivity contribution in [3.05, 3.63) is 21.8 Å². The predicted octanol–water partition coefficient (Wildman–Crippen LogP) is 2.06. The molecule has 4 N–H and O–H groups in total. The van der Waals surface area contributed by atoms with Crippen molar-refractivity contribution in [3.63, 3.8) is 0 Å². The molecule has 78 valence electrons. The summed E-state index contributed by atoms with van der Waals surface area (Å²) in [6.45, 7) is 2.19. The minimum Gasteiger partial charge on any atom is -0.399 e. The third kappa shape index (κ3) is 3.02. The van der Waals surface area contributed by atoms with Crippen LogP contribution in [0.4, 0.5) is 11.4 Å². The van der Waals surface area contributed by atoms with Crippen LogP contribution in [0, 0.1) is 3.57 Å². The molecule has 0 spiro atoms. The molecule has 1 unspecified atom stereocenters. The fourth-order valence-corrected chi connectivity index (χ4v) is 1.84. The first-order chi connectivity index (χ1) is 6.67. The van der Waals surface area contributed by atoms with Gasteiger partial charge in [-0.05, 0) is 47.2 Å². The van der Waals surface area contributed by atoms with Gasteiger partial charge >= 0.3 is 0 Å². The molecule has 0 aromatic heterocycles. The highest BCUT2D eigenvalue weighted by Gasteiger charge is 2.06. The monoisotopic (exact) mass is 306 g/mol. The van der Waals surface area contributed by atoms with E-state index in [0.717, 1.165) is 21.4 Å². The van der Waals surface area contributed by atoms with Crippen LogP contribution in [0.15, 0.2) is 18.2 Å². The zero-order chi connectivity index (χ0) is 10.6. The Labute approximate surface area is 97.8 Å². The molecule has 0 aliphatic rings. The van der Waals surface area contributed by atoms with Gasteiger partial charge in [0.1, 0.15) is 0 Å². The van der Waals surface area contributed by atoms with Crippen LogP contribution in [0.1, 0.15) is 13.3 Å². The summed E-state index contributed by atoms with van der Waals surface area (Å²) in [5.74, 6) is 0.